The van der Waals surface area contributed by atoms with Gasteiger partial charge in [-0.15, -0.1) is 0 Å². The Morgan fingerprint density at radius 1 is 1.33 bits per heavy atom. The zero-order valence-corrected chi connectivity index (χ0v) is 10.5. The van der Waals surface area contributed by atoms with Crippen LogP contribution in [0.25, 0.3) is 0 Å². The van der Waals surface area contributed by atoms with Crippen LogP contribution < -0.4 is 11.1 Å². The van der Waals surface area contributed by atoms with Crippen molar-refractivity contribution in [3.8, 4) is 0 Å². The van der Waals surface area contributed by atoms with Crippen LogP contribution in [0, 0.1) is 5.92 Å². The van der Waals surface area contributed by atoms with Crippen molar-refractivity contribution in [3.63, 3.8) is 0 Å². The number of amides is 1. The molecule has 0 aromatic heterocycles. The summed E-state index contributed by atoms with van der Waals surface area (Å²) in [6.07, 6.45) is 3.87. The Hall–Kier alpha value is -0.570. The van der Waals surface area contributed by atoms with Gasteiger partial charge in [-0.05, 0) is 25.2 Å². The lowest BCUT2D eigenvalue weighted by molar-refractivity contribution is -0.123. The smallest absolute Gasteiger partial charge is 0.237 e. The molecule has 0 aliphatic rings. The standard InChI is InChI=1S/C12H26N2O/c1-5-7-10(6-2)14-12(15)11(13)8-9(3)4/h9-11H,5-8,13H2,1-4H3,(H,14,15)/t10?,11-/m1/s1. The molecule has 0 heterocycles. The molecule has 0 saturated carbocycles. The fraction of sp³-hybridized carbons (Fsp3) is 0.917. The van der Waals surface area contributed by atoms with Gasteiger partial charge in [0.2, 0.25) is 5.91 Å². The number of nitrogens with one attached hydrogen (secondary N) is 1. The molecule has 15 heavy (non-hydrogen) atoms. The summed E-state index contributed by atoms with van der Waals surface area (Å²) in [6, 6.07) is -0.0587. The minimum Gasteiger partial charge on any atom is -0.352 e. The fourth-order valence-electron chi connectivity index (χ4n) is 1.65. The predicted molar refractivity (Wildman–Crippen MR) is 64.6 cm³/mol. The van der Waals surface area contributed by atoms with Gasteiger partial charge in [-0.3, -0.25) is 4.79 Å². The van der Waals surface area contributed by atoms with Gasteiger partial charge in [-0.1, -0.05) is 34.1 Å². The molecular weight excluding hydrogens is 188 g/mol. The molecule has 1 unspecified atom stereocenters. The average Bonchev–Trinajstić information content (AvgIpc) is 2.15. The molecule has 0 aliphatic heterocycles. The van der Waals surface area contributed by atoms with E-state index in [1.165, 1.54) is 0 Å². The Bertz CT molecular complexity index is 180. The minimum atomic E-state index is -0.351. The van der Waals surface area contributed by atoms with E-state index in [1.807, 2.05) is 0 Å². The van der Waals surface area contributed by atoms with Gasteiger partial charge >= 0.3 is 0 Å². The number of nitrogens with two attached hydrogens (primary N) is 1. The lowest BCUT2D eigenvalue weighted by Gasteiger charge is -2.20. The maximum Gasteiger partial charge on any atom is 0.237 e. The molecule has 90 valence electrons. The zero-order valence-electron chi connectivity index (χ0n) is 10.5. The van der Waals surface area contributed by atoms with Gasteiger partial charge < -0.3 is 11.1 Å². The number of hydrogen-bond donors (Lipinski definition) is 2. The summed E-state index contributed by atoms with van der Waals surface area (Å²) in [5.74, 6) is 0.473. The molecule has 0 rings (SSSR count). The molecule has 0 bridgehead atoms. The Kier molecular flexibility index (Phi) is 7.39. The molecule has 0 aromatic carbocycles. The van der Waals surface area contributed by atoms with Crippen LogP contribution >= 0.6 is 0 Å². The van der Waals surface area contributed by atoms with E-state index in [2.05, 4.69) is 33.0 Å². The van der Waals surface area contributed by atoms with E-state index in [9.17, 15) is 4.79 Å². The molecule has 3 N–H and O–H groups in total. The van der Waals surface area contributed by atoms with Crippen LogP contribution in [0.4, 0.5) is 0 Å². The van der Waals surface area contributed by atoms with E-state index >= 15 is 0 Å². The van der Waals surface area contributed by atoms with Gasteiger partial charge in [0.15, 0.2) is 0 Å². The van der Waals surface area contributed by atoms with E-state index in [0.29, 0.717) is 12.0 Å². The molecule has 3 heteroatoms. The van der Waals surface area contributed by atoms with Crippen molar-refractivity contribution in [2.75, 3.05) is 0 Å². The second-order valence-electron chi connectivity index (χ2n) is 4.64. The third-order valence-electron chi connectivity index (χ3n) is 2.54. The molecule has 1 amide bonds. The number of carbonyl (C=O) groups excluding carboxylic acids is 1. The molecule has 0 fully saturated rings. The average molecular weight is 214 g/mol. The Balaban J connectivity index is 3.98. The fourth-order valence-corrected chi connectivity index (χ4v) is 1.65. The van der Waals surface area contributed by atoms with E-state index in [-0.39, 0.29) is 11.9 Å². The first-order chi connectivity index (χ1) is 7.01. The van der Waals surface area contributed by atoms with Crippen LogP contribution in [0.1, 0.15) is 53.4 Å². The van der Waals surface area contributed by atoms with Crippen molar-refractivity contribution in [2.45, 2.75) is 65.5 Å². The number of hydrogen-bond acceptors (Lipinski definition) is 2. The quantitative estimate of drug-likeness (QED) is 0.681. The van der Waals surface area contributed by atoms with E-state index in [4.69, 9.17) is 5.73 Å². The second-order valence-corrected chi connectivity index (χ2v) is 4.64. The minimum absolute atomic E-state index is 0.00370. The first-order valence-corrected chi connectivity index (χ1v) is 6.07. The Labute approximate surface area is 93.8 Å². The Morgan fingerprint density at radius 2 is 1.93 bits per heavy atom. The molecule has 0 saturated heterocycles. The van der Waals surface area contributed by atoms with Crippen LogP contribution in [0.5, 0.6) is 0 Å². The number of carbonyl (C=O) groups is 1. The highest BCUT2D eigenvalue weighted by molar-refractivity contribution is 5.81. The van der Waals surface area contributed by atoms with Gasteiger partial charge in [0, 0.05) is 6.04 Å². The summed E-state index contributed by atoms with van der Waals surface area (Å²) in [5, 5.41) is 3.01. The van der Waals surface area contributed by atoms with Crippen molar-refractivity contribution in [1.29, 1.82) is 0 Å². The summed E-state index contributed by atoms with van der Waals surface area (Å²) in [6.45, 7) is 8.38. The largest absolute Gasteiger partial charge is 0.352 e. The maximum absolute atomic E-state index is 11.7. The van der Waals surface area contributed by atoms with Crippen molar-refractivity contribution < 1.29 is 4.79 Å². The van der Waals surface area contributed by atoms with Crippen LogP contribution in [0.15, 0.2) is 0 Å². The number of rotatable bonds is 7. The highest BCUT2D eigenvalue weighted by Gasteiger charge is 2.17. The molecule has 2 atom stereocenters. The highest BCUT2D eigenvalue weighted by atomic mass is 16.2. The van der Waals surface area contributed by atoms with E-state index in [1.54, 1.807) is 0 Å². The van der Waals surface area contributed by atoms with Crippen LogP contribution in [-0.4, -0.2) is 18.0 Å². The zero-order chi connectivity index (χ0) is 11.8. The van der Waals surface area contributed by atoms with Crippen molar-refractivity contribution in [3.05, 3.63) is 0 Å². The van der Waals surface area contributed by atoms with Crippen molar-refractivity contribution >= 4 is 5.91 Å². The van der Waals surface area contributed by atoms with E-state index in [0.717, 1.165) is 25.7 Å². The van der Waals surface area contributed by atoms with Crippen molar-refractivity contribution in [2.24, 2.45) is 11.7 Å². The van der Waals surface area contributed by atoms with Gasteiger partial charge in [-0.2, -0.15) is 0 Å². The van der Waals surface area contributed by atoms with Crippen LogP contribution in [0.3, 0.4) is 0 Å². The third kappa shape index (κ3) is 6.50. The maximum atomic E-state index is 11.7. The van der Waals surface area contributed by atoms with E-state index < -0.39 is 0 Å². The highest BCUT2D eigenvalue weighted by Crippen LogP contribution is 2.05. The lowest BCUT2D eigenvalue weighted by Crippen LogP contribution is -2.45. The van der Waals surface area contributed by atoms with Gasteiger partial charge in [-0.25, -0.2) is 0 Å². The molecule has 0 spiro atoms. The topological polar surface area (TPSA) is 55.1 Å². The summed E-state index contributed by atoms with van der Waals surface area (Å²) in [4.78, 5) is 11.7. The molecule has 3 nitrogen and oxygen atoms in total. The summed E-state index contributed by atoms with van der Waals surface area (Å²) >= 11 is 0. The monoisotopic (exact) mass is 214 g/mol. The van der Waals surface area contributed by atoms with Crippen LogP contribution in [0.2, 0.25) is 0 Å². The van der Waals surface area contributed by atoms with Gasteiger partial charge in [0.1, 0.15) is 0 Å². The van der Waals surface area contributed by atoms with Gasteiger partial charge in [0.25, 0.3) is 0 Å². The predicted octanol–water partition coefficient (Wildman–Crippen LogP) is 2.05. The SMILES string of the molecule is CCCC(CC)NC(=O)[C@H](N)CC(C)C. The Morgan fingerprint density at radius 3 is 2.33 bits per heavy atom. The summed E-state index contributed by atoms with van der Waals surface area (Å²) < 4.78 is 0. The first-order valence-electron chi connectivity index (χ1n) is 6.07. The second kappa shape index (κ2) is 7.69. The first kappa shape index (κ1) is 14.4. The molecule has 0 radical (unpaired) electrons. The normalized spacial score (nSPS) is 15.1. The van der Waals surface area contributed by atoms with Gasteiger partial charge in [0.05, 0.1) is 6.04 Å². The third-order valence-corrected chi connectivity index (χ3v) is 2.54. The summed E-state index contributed by atoms with van der Waals surface area (Å²) in [7, 11) is 0. The van der Waals surface area contributed by atoms with Crippen molar-refractivity contribution in [1.82, 2.24) is 5.32 Å². The lowest BCUT2D eigenvalue weighted by atomic mass is 10.0. The molecular formula is C12H26N2O. The van der Waals surface area contributed by atoms with Crippen LogP contribution in [-0.2, 0) is 4.79 Å². The molecule has 0 aliphatic carbocycles. The summed E-state index contributed by atoms with van der Waals surface area (Å²) in [5.41, 5.74) is 5.81. The molecule has 0 aromatic rings.